The highest BCUT2D eigenvalue weighted by atomic mass is 19.1. The highest BCUT2D eigenvalue weighted by Gasteiger charge is 2.11. The second-order valence-corrected chi connectivity index (χ2v) is 4.81. The van der Waals surface area contributed by atoms with Gasteiger partial charge in [0.25, 0.3) is 0 Å². The average Bonchev–Trinajstić information content (AvgIpc) is 2.89. The topological polar surface area (TPSA) is 36.4 Å². The third-order valence-electron chi connectivity index (χ3n) is 3.20. The zero-order valence-electron chi connectivity index (χ0n) is 11.5. The van der Waals surface area contributed by atoms with Gasteiger partial charge in [-0.3, -0.25) is 4.99 Å². The van der Waals surface area contributed by atoms with Crippen molar-refractivity contribution in [1.82, 2.24) is 10.6 Å². The lowest BCUT2D eigenvalue weighted by Crippen LogP contribution is -2.43. The van der Waals surface area contributed by atoms with E-state index in [1.807, 2.05) is 0 Å². The van der Waals surface area contributed by atoms with Crippen LogP contribution in [0.3, 0.4) is 0 Å². The van der Waals surface area contributed by atoms with Gasteiger partial charge in [-0.05, 0) is 37.0 Å². The van der Waals surface area contributed by atoms with E-state index in [-0.39, 0.29) is 0 Å². The van der Waals surface area contributed by atoms with Crippen LogP contribution in [0.15, 0.2) is 35.3 Å². The third kappa shape index (κ3) is 4.33. The molecule has 1 aliphatic carbocycles. The van der Waals surface area contributed by atoms with Crippen LogP contribution in [-0.2, 0) is 6.42 Å². The molecule has 0 amide bonds. The number of aliphatic imine (C=N–C) groups is 1. The fraction of sp³-hybridized carbons (Fsp3) is 0.400. The van der Waals surface area contributed by atoms with Gasteiger partial charge in [0.2, 0.25) is 0 Å². The minimum Gasteiger partial charge on any atom is -0.356 e. The predicted molar refractivity (Wildman–Crippen MR) is 76.7 cm³/mol. The number of benzene rings is 1. The highest BCUT2D eigenvalue weighted by Crippen LogP contribution is 2.09. The smallest absolute Gasteiger partial charge is 0.191 e. The molecule has 5 heteroatoms. The number of halogens is 2. The normalized spacial score (nSPS) is 15.7. The standard InChI is InChI=1S/C15H19F2N3/c1-18-15(20-14-4-2-3-5-14)19-7-6-11-8-12(16)10-13(17)9-11/h2-3,8-10,14H,4-7H2,1H3,(H2,18,19,20). The molecule has 108 valence electrons. The number of nitrogens with one attached hydrogen (secondary N) is 2. The Bertz CT molecular complexity index is 484. The summed E-state index contributed by atoms with van der Waals surface area (Å²) in [6.45, 7) is 0.572. The molecule has 20 heavy (non-hydrogen) atoms. The Balaban J connectivity index is 1.78. The lowest BCUT2D eigenvalue weighted by molar-refractivity contribution is 0.579. The van der Waals surface area contributed by atoms with Gasteiger partial charge < -0.3 is 10.6 Å². The molecule has 0 aromatic heterocycles. The van der Waals surface area contributed by atoms with Gasteiger partial charge >= 0.3 is 0 Å². The Hall–Kier alpha value is -1.91. The summed E-state index contributed by atoms with van der Waals surface area (Å²) in [5.41, 5.74) is 0.632. The minimum absolute atomic E-state index is 0.382. The largest absolute Gasteiger partial charge is 0.356 e. The van der Waals surface area contributed by atoms with E-state index in [2.05, 4.69) is 27.8 Å². The van der Waals surface area contributed by atoms with Crippen molar-refractivity contribution >= 4 is 5.96 Å². The van der Waals surface area contributed by atoms with Crippen LogP contribution in [0.2, 0.25) is 0 Å². The van der Waals surface area contributed by atoms with Crippen molar-refractivity contribution in [2.75, 3.05) is 13.6 Å². The first-order valence-electron chi connectivity index (χ1n) is 6.74. The van der Waals surface area contributed by atoms with Crippen LogP contribution in [0.5, 0.6) is 0 Å². The van der Waals surface area contributed by atoms with E-state index in [4.69, 9.17) is 0 Å². The molecule has 1 aromatic rings. The Morgan fingerprint density at radius 3 is 2.45 bits per heavy atom. The zero-order chi connectivity index (χ0) is 14.4. The molecule has 0 saturated carbocycles. The van der Waals surface area contributed by atoms with Crippen LogP contribution < -0.4 is 10.6 Å². The maximum Gasteiger partial charge on any atom is 0.191 e. The van der Waals surface area contributed by atoms with Crippen molar-refractivity contribution < 1.29 is 8.78 Å². The van der Waals surface area contributed by atoms with Crippen LogP contribution in [-0.4, -0.2) is 25.6 Å². The summed E-state index contributed by atoms with van der Waals surface area (Å²) in [6.07, 6.45) is 6.81. The van der Waals surface area contributed by atoms with E-state index in [1.54, 1.807) is 7.05 Å². The Labute approximate surface area is 117 Å². The molecule has 0 aliphatic heterocycles. The van der Waals surface area contributed by atoms with Gasteiger partial charge in [0.05, 0.1) is 0 Å². The molecule has 2 N–H and O–H groups in total. The first-order valence-corrected chi connectivity index (χ1v) is 6.74. The molecule has 0 heterocycles. The summed E-state index contributed by atoms with van der Waals surface area (Å²) in [5.74, 6) is -0.366. The molecule has 0 unspecified atom stereocenters. The van der Waals surface area contributed by atoms with Gasteiger partial charge in [0.15, 0.2) is 5.96 Å². The monoisotopic (exact) mass is 279 g/mol. The SMILES string of the molecule is CN=C(NCCc1cc(F)cc(F)c1)NC1CC=CC1. The fourth-order valence-electron chi connectivity index (χ4n) is 2.20. The van der Waals surface area contributed by atoms with Gasteiger partial charge in [0.1, 0.15) is 11.6 Å². The van der Waals surface area contributed by atoms with E-state index in [0.717, 1.165) is 24.9 Å². The Morgan fingerprint density at radius 1 is 1.20 bits per heavy atom. The molecular weight excluding hydrogens is 260 g/mol. The third-order valence-corrected chi connectivity index (χ3v) is 3.20. The number of hydrogen-bond acceptors (Lipinski definition) is 1. The maximum atomic E-state index is 13.0. The van der Waals surface area contributed by atoms with Gasteiger partial charge in [-0.2, -0.15) is 0 Å². The number of guanidine groups is 1. The van der Waals surface area contributed by atoms with Crippen molar-refractivity contribution in [3.63, 3.8) is 0 Å². The van der Waals surface area contributed by atoms with Gasteiger partial charge in [-0.1, -0.05) is 12.2 Å². The van der Waals surface area contributed by atoms with Crippen molar-refractivity contribution in [1.29, 1.82) is 0 Å². The predicted octanol–water partition coefficient (Wildman–Crippen LogP) is 2.39. The molecule has 0 radical (unpaired) electrons. The Morgan fingerprint density at radius 2 is 1.85 bits per heavy atom. The molecule has 3 nitrogen and oxygen atoms in total. The van der Waals surface area contributed by atoms with Crippen LogP contribution in [0.25, 0.3) is 0 Å². The van der Waals surface area contributed by atoms with Gasteiger partial charge in [-0.25, -0.2) is 8.78 Å². The van der Waals surface area contributed by atoms with E-state index in [0.29, 0.717) is 24.6 Å². The summed E-state index contributed by atoms with van der Waals surface area (Å²) in [5, 5.41) is 6.45. The molecule has 0 bridgehead atoms. The van der Waals surface area contributed by atoms with Crippen LogP contribution in [0.4, 0.5) is 8.78 Å². The second kappa shape index (κ2) is 7.03. The van der Waals surface area contributed by atoms with Gasteiger partial charge in [0, 0.05) is 25.7 Å². The first kappa shape index (κ1) is 14.5. The number of hydrogen-bond donors (Lipinski definition) is 2. The Kier molecular flexibility index (Phi) is 5.09. The molecular formula is C15H19F2N3. The molecule has 2 rings (SSSR count). The molecule has 0 saturated heterocycles. The van der Waals surface area contributed by atoms with Crippen LogP contribution >= 0.6 is 0 Å². The summed E-state index contributed by atoms with van der Waals surface area (Å²) >= 11 is 0. The van der Waals surface area contributed by atoms with E-state index in [9.17, 15) is 8.78 Å². The average molecular weight is 279 g/mol. The second-order valence-electron chi connectivity index (χ2n) is 4.81. The summed E-state index contributed by atoms with van der Waals surface area (Å²) in [6, 6.07) is 3.96. The van der Waals surface area contributed by atoms with E-state index < -0.39 is 11.6 Å². The van der Waals surface area contributed by atoms with Crippen LogP contribution in [0, 0.1) is 11.6 Å². The van der Waals surface area contributed by atoms with Crippen molar-refractivity contribution in [2.24, 2.45) is 4.99 Å². The molecule has 0 spiro atoms. The van der Waals surface area contributed by atoms with E-state index >= 15 is 0 Å². The van der Waals surface area contributed by atoms with Crippen LogP contribution in [0.1, 0.15) is 18.4 Å². The van der Waals surface area contributed by atoms with Crippen molar-refractivity contribution in [3.8, 4) is 0 Å². The molecule has 0 atom stereocenters. The van der Waals surface area contributed by atoms with Crippen molar-refractivity contribution in [3.05, 3.63) is 47.5 Å². The first-order chi connectivity index (χ1) is 9.67. The zero-order valence-corrected chi connectivity index (χ0v) is 11.5. The minimum atomic E-state index is -0.542. The summed E-state index contributed by atoms with van der Waals surface area (Å²) < 4.78 is 26.1. The summed E-state index contributed by atoms with van der Waals surface area (Å²) in [4.78, 5) is 4.14. The maximum absolute atomic E-state index is 13.0. The molecule has 1 aliphatic rings. The number of rotatable bonds is 4. The lowest BCUT2D eigenvalue weighted by Gasteiger charge is -2.16. The highest BCUT2D eigenvalue weighted by molar-refractivity contribution is 5.80. The quantitative estimate of drug-likeness (QED) is 0.504. The summed E-state index contributed by atoms with van der Waals surface area (Å²) in [7, 11) is 1.71. The van der Waals surface area contributed by atoms with E-state index in [1.165, 1.54) is 12.1 Å². The van der Waals surface area contributed by atoms with Crippen molar-refractivity contribution in [2.45, 2.75) is 25.3 Å². The number of nitrogens with zero attached hydrogens (tertiary/aromatic N) is 1. The fourth-order valence-corrected chi connectivity index (χ4v) is 2.20. The molecule has 1 aromatic carbocycles. The van der Waals surface area contributed by atoms with Gasteiger partial charge in [-0.15, -0.1) is 0 Å². The lowest BCUT2D eigenvalue weighted by atomic mass is 10.1. The molecule has 0 fully saturated rings.